The lowest BCUT2D eigenvalue weighted by Gasteiger charge is -2.11. The Labute approximate surface area is 175 Å². The van der Waals surface area contributed by atoms with Gasteiger partial charge in [-0.1, -0.05) is 23.7 Å². The van der Waals surface area contributed by atoms with Gasteiger partial charge in [-0.05, 0) is 55.7 Å². The van der Waals surface area contributed by atoms with Crippen LogP contribution in [0.3, 0.4) is 0 Å². The van der Waals surface area contributed by atoms with Gasteiger partial charge in [0.2, 0.25) is 5.91 Å². The maximum Gasteiger partial charge on any atom is 0.246 e. The topological polar surface area (TPSA) is 65.4 Å². The van der Waals surface area contributed by atoms with E-state index in [1.54, 1.807) is 0 Å². The van der Waals surface area contributed by atoms with E-state index in [9.17, 15) is 4.79 Å². The van der Waals surface area contributed by atoms with Gasteiger partial charge in [0.05, 0.1) is 24.2 Å². The van der Waals surface area contributed by atoms with Crippen LogP contribution >= 0.6 is 11.6 Å². The van der Waals surface area contributed by atoms with Gasteiger partial charge in [-0.3, -0.25) is 4.79 Å². The van der Waals surface area contributed by atoms with Crippen LogP contribution in [0.4, 0.5) is 0 Å². The van der Waals surface area contributed by atoms with Crippen molar-refractivity contribution in [2.45, 2.75) is 32.9 Å². The van der Waals surface area contributed by atoms with Gasteiger partial charge in [0, 0.05) is 18.7 Å². The molecule has 1 N–H and O–H groups in total. The molecule has 3 aromatic rings. The summed E-state index contributed by atoms with van der Waals surface area (Å²) < 4.78 is 12.9. The van der Waals surface area contributed by atoms with Crippen molar-refractivity contribution in [2.75, 3.05) is 20.3 Å². The SMILES string of the molecule is COCC(=O)NCc1nc2ccccc2n1CCCCOc1ccc(Cl)c(C)c1. The van der Waals surface area contributed by atoms with E-state index in [1.807, 2.05) is 43.3 Å². The first-order valence-electron chi connectivity index (χ1n) is 9.67. The average molecular weight is 416 g/mol. The minimum atomic E-state index is -0.155. The number of benzene rings is 2. The van der Waals surface area contributed by atoms with Crippen LogP contribution in [0, 0.1) is 6.92 Å². The summed E-state index contributed by atoms with van der Waals surface area (Å²) in [6, 6.07) is 13.7. The molecule has 0 aliphatic heterocycles. The lowest BCUT2D eigenvalue weighted by atomic mass is 10.2. The standard InChI is InChI=1S/C22H26ClN3O3/c1-16-13-17(9-10-18(16)23)29-12-6-5-11-26-20-8-4-3-7-19(20)25-21(26)14-24-22(27)15-28-2/h3-4,7-10,13H,5-6,11-12,14-15H2,1-2H3,(H,24,27). The largest absolute Gasteiger partial charge is 0.494 e. The summed E-state index contributed by atoms with van der Waals surface area (Å²) >= 11 is 6.05. The van der Waals surface area contributed by atoms with Gasteiger partial charge in [0.25, 0.3) is 0 Å². The summed E-state index contributed by atoms with van der Waals surface area (Å²) in [7, 11) is 1.50. The molecule has 0 aliphatic carbocycles. The lowest BCUT2D eigenvalue weighted by molar-refractivity contribution is -0.124. The maximum absolute atomic E-state index is 11.7. The van der Waals surface area contributed by atoms with E-state index in [0.717, 1.165) is 52.6 Å². The number of hydrogen-bond acceptors (Lipinski definition) is 4. The number of rotatable bonds is 10. The van der Waals surface area contributed by atoms with Crippen molar-refractivity contribution >= 4 is 28.5 Å². The summed E-state index contributed by atoms with van der Waals surface area (Å²) in [5.74, 6) is 1.52. The number of carbonyl (C=O) groups is 1. The molecule has 0 aliphatic rings. The summed E-state index contributed by atoms with van der Waals surface area (Å²) in [4.78, 5) is 16.4. The molecule has 0 atom stereocenters. The molecule has 0 saturated carbocycles. The number of ether oxygens (including phenoxy) is 2. The second-order valence-corrected chi connectivity index (χ2v) is 7.25. The Morgan fingerprint density at radius 2 is 2.03 bits per heavy atom. The van der Waals surface area contributed by atoms with Crippen molar-refractivity contribution in [2.24, 2.45) is 0 Å². The molecule has 6 nitrogen and oxygen atoms in total. The third-order valence-corrected chi connectivity index (χ3v) is 5.05. The second kappa shape index (κ2) is 10.3. The van der Waals surface area contributed by atoms with Crippen molar-refractivity contribution in [1.82, 2.24) is 14.9 Å². The van der Waals surface area contributed by atoms with Crippen LogP contribution in [-0.4, -0.2) is 35.8 Å². The number of para-hydroxylation sites is 2. The summed E-state index contributed by atoms with van der Waals surface area (Å²) in [5, 5.41) is 3.60. The van der Waals surface area contributed by atoms with E-state index in [2.05, 4.69) is 20.9 Å². The number of methoxy groups -OCH3 is 1. The monoisotopic (exact) mass is 415 g/mol. The van der Waals surface area contributed by atoms with Gasteiger partial charge in [-0.25, -0.2) is 4.98 Å². The first-order chi connectivity index (χ1) is 14.1. The number of nitrogens with zero attached hydrogens (tertiary/aromatic N) is 2. The molecular weight excluding hydrogens is 390 g/mol. The van der Waals surface area contributed by atoms with Crippen LogP contribution in [0.25, 0.3) is 11.0 Å². The molecule has 29 heavy (non-hydrogen) atoms. The molecule has 0 bridgehead atoms. The van der Waals surface area contributed by atoms with E-state index >= 15 is 0 Å². The van der Waals surface area contributed by atoms with Gasteiger partial charge < -0.3 is 19.4 Å². The Morgan fingerprint density at radius 3 is 2.83 bits per heavy atom. The lowest BCUT2D eigenvalue weighted by Crippen LogP contribution is -2.28. The molecule has 2 aromatic carbocycles. The molecule has 7 heteroatoms. The van der Waals surface area contributed by atoms with Crippen molar-refractivity contribution in [3.05, 3.63) is 58.9 Å². The fourth-order valence-corrected chi connectivity index (χ4v) is 3.26. The Bertz CT molecular complexity index is 971. The summed E-state index contributed by atoms with van der Waals surface area (Å²) in [6.07, 6.45) is 1.84. The minimum Gasteiger partial charge on any atom is -0.494 e. The van der Waals surface area contributed by atoms with Crippen LogP contribution in [-0.2, 0) is 22.6 Å². The summed E-state index contributed by atoms with van der Waals surface area (Å²) in [6.45, 7) is 3.82. The van der Waals surface area contributed by atoms with Crippen LogP contribution in [0.5, 0.6) is 5.75 Å². The number of aryl methyl sites for hydroxylation is 2. The van der Waals surface area contributed by atoms with Crippen LogP contribution in [0.15, 0.2) is 42.5 Å². The normalized spacial score (nSPS) is 11.0. The number of fused-ring (bicyclic) bond motifs is 1. The fraction of sp³-hybridized carbons (Fsp3) is 0.364. The zero-order chi connectivity index (χ0) is 20.6. The van der Waals surface area contributed by atoms with Crippen molar-refractivity contribution < 1.29 is 14.3 Å². The molecular formula is C22H26ClN3O3. The van der Waals surface area contributed by atoms with E-state index in [1.165, 1.54) is 7.11 Å². The highest BCUT2D eigenvalue weighted by atomic mass is 35.5. The molecule has 0 saturated heterocycles. The van der Waals surface area contributed by atoms with Crippen molar-refractivity contribution in [3.63, 3.8) is 0 Å². The van der Waals surface area contributed by atoms with E-state index in [-0.39, 0.29) is 12.5 Å². The zero-order valence-electron chi connectivity index (χ0n) is 16.8. The highest BCUT2D eigenvalue weighted by Gasteiger charge is 2.11. The van der Waals surface area contributed by atoms with Crippen molar-refractivity contribution in [1.29, 1.82) is 0 Å². The van der Waals surface area contributed by atoms with Crippen molar-refractivity contribution in [3.8, 4) is 5.75 Å². The smallest absolute Gasteiger partial charge is 0.246 e. The fourth-order valence-electron chi connectivity index (χ4n) is 3.14. The molecule has 0 fully saturated rings. The quantitative estimate of drug-likeness (QED) is 0.506. The van der Waals surface area contributed by atoms with Gasteiger partial charge in [-0.2, -0.15) is 0 Å². The Morgan fingerprint density at radius 1 is 1.21 bits per heavy atom. The Kier molecular flexibility index (Phi) is 7.49. The van der Waals surface area contributed by atoms with Gasteiger partial charge in [0.1, 0.15) is 18.2 Å². The number of unbranched alkanes of at least 4 members (excludes halogenated alkanes) is 1. The number of amides is 1. The minimum absolute atomic E-state index is 0.0434. The third kappa shape index (κ3) is 5.71. The highest BCUT2D eigenvalue weighted by Crippen LogP contribution is 2.21. The van der Waals surface area contributed by atoms with Crippen LogP contribution in [0.2, 0.25) is 5.02 Å². The second-order valence-electron chi connectivity index (χ2n) is 6.84. The molecule has 3 rings (SSSR count). The first-order valence-corrected chi connectivity index (χ1v) is 10.0. The molecule has 1 amide bonds. The highest BCUT2D eigenvalue weighted by molar-refractivity contribution is 6.31. The first kappa shape index (κ1) is 21.1. The average Bonchev–Trinajstić information content (AvgIpc) is 3.07. The predicted octanol–water partition coefficient (Wildman–Crippen LogP) is 4.12. The molecule has 1 aromatic heterocycles. The van der Waals surface area contributed by atoms with E-state index < -0.39 is 0 Å². The Balaban J connectivity index is 1.57. The summed E-state index contributed by atoms with van der Waals surface area (Å²) in [5.41, 5.74) is 3.00. The van der Waals surface area contributed by atoms with Gasteiger partial charge in [0.15, 0.2) is 0 Å². The zero-order valence-corrected chi connectivity index (χ0v) is 17.5. The van der Waals surface area contributed by atoms with E-state index in [4.69, 9.17) is 21.1 Å². The van der Waals surface area contributed by atoms with Crippen LogP contribution < -0.4 is 10.1 Å². The maximum atomic E-state index is 11.7. The predicted molar refractivity (Wildman–Crippen MR) is 114 cm³/mol. The number of hydrogen-bond donors (Lipinski definition) is 1. The van der Waals surface area contributed by atoms with Gasteiger partial charge in [-0.15, -0.1) is 0 Å². The molecule has 154 valence electrons. The number of imidazole rings is 1. The number of nitrogens with one attached hydrogen (secondary N) is 1. The molecule has 1 heterocycles. The molecule has 0 unspecified atom stereocenters. The molecule has 0 radical (unpaired) electrons. The molecule has 0 spiro atoms. The number of halogens is 1. The third-order valence-electron chi connectivity index (χ3n) is 4.63. The number of carbonyl (C=O) groups excluding carboxylic acids is 1. The number of aromatic nitrogens is 2. The van der Waals surface area contributed by atoms with Gasteiger partial charge >= 0.3 is 0 Å². The Hall–Kier alpha value is -2.57. The van der Waals surface area contributed by atoms with E-state index in [0.29, 0.717) is 13.2 Å². The van der Waals surface area contributed by atoms with Crippen LogP contribution in [0.1, 0.15) is 24.2 Å².